The fraction of sp³-hybridized carbons (Fsp3) is 0.562. The summed E-state index contributed by atoms with van der Waals surface area (Å²) < 4.78 is 43.7. The summed E-state index contributed by atoms with van der Waals surface area (Å²) in [6.45, 7) is 3.85. The summed E-state index contributed by atoms with van der Waals surface area (Å²) in [7, 11) is 1.30. The molecule has 1 rings (SSSR count). The molecule has 0 heterocycles. The van der Waals surface area contributed by atoms with Crippen molar-refractivity contribution in [3.63, 3.8) is 0 Å². The van der Waals surface area contributed by atoms with E-state index >= 15 is 0 Å². The lowest BCUT2D eigenvalue weighted by Crippen LogP contribution is -2.46. The fourth-order valence-electron chi connectivity index (χ4n) is 2.39. The molecule has 0 saturated carbocycles. The van der Waals surface area contributed by atoms with Gasteiger partial charge < -0.3 is 10.1 Å². The molecule has 1 N–H and O–H groups in total. The average molecular weight is 317 g/mol. The van der Waals surface area contributed by atoms with Crippen LogP contribution in [0.2, 0.25) is 0 Å². The number of rotatable bonds is 7. The first-order valence-electron chi connectivity index (χ1n) is 7.25. The van der Waals surface area contributed by atoms with Crippen LogP contribution in [0, 0.1) is 0 Å². The van der Waals surface area contributed by atoms with Gasteiger partial charge in [0.25, 0.3) is 0 Å². The highest BCUT2D eigenvalue weighted by atomic mass is 19.4. The predicted octanol–water partition coefficient (Wildman–Crippen LogP) is 3.92. The summed E-state index contributed by atoms with van der Waals surface area (Å²) in [6, 6.07) is 5.46. The third-order valence-corrected chi connectivity index (χ3v) is 4.04. The minimum Gasteiger partial charge on any atom is -0.469 e. The molecule has 0 aliphatic rings. The van der Waals surface area contributed by atoms with E-state index in [0.717, 1.165) is 6.07 Å². The largest absolute Gasteiger partial charge is 0.469 e. The van der Waals surface area contributed by atoms with Gasteiger partial charge >= 0.3 is 12.1 Å². The number of benzene rings is 1. The van der Waals surface area contributed by atoms with Crippen molar-refractivity contribution in [3.05, 3.63) is 35.4 Å². The van der Waals surface area contributed by atoms with Crippen molar-refractivity contribution in [3.8, 4) is 0 Å². The highest BCUT2D eigenvalue weighted by Gasteiger charge is 2.34. The van der Waals surface area contributed by atoms with Gasteiger partial charge in [0.2, 0.25) is 0 Å². The smallest absolute Gasteiger partial charge is 0.416 e. The zero-order chi connectivity index (χ0) is 16.8. The molecule has 0 atom stereocenters. The lowest BCUT2D eigenvalue weighted by Gasteiger charge is -2.32. The van der Waals surface area contributed by atoms with E-state index in [0.29, 0.717) is 12.8 Å². The molecule has 124 valence electrons. The maximum atomic E-state index is 13.0. The first kappa shape index (κ1) is 18.5. The Morgan fingerprint density at radius 1 is 1.18 bits per heavy atom. The van der Waals surface area contributed by atoms with Crippen LogP contribution in [-0.4, -0.2) is 18.6 Å². The molecule has 1 aromatic rings. The molecule has 0 saturated heterocycles. The predicted molar refractivity (Wildman–Crippen MR) is 78.2 cm³/mol. The lowest BCUT2D eigenvalue weighted by molar-refractivity contribution is -0.143. The molecule has 1 aromatic carbocycles. The van der Waals surface area contributed by atoms with Gasteiger partial charge in [-0.25, -0.2) is 0 Å². The summed E-state index contributed by atoms with van der Waals surface area (Å²) in [4.78, 5) is 11.5. The normalized spacial score (nSPS) is 12.3. The van der Waals surface area contributed by atoms with Crippen LogP contribution in [0.4, 0.5) is 13.2 Å². The summed E-state index contributed by atoms with van der Waals surface area (Å²) in [6.07, 6.45) is -3.02. The summed E-state index contributed by atoms with van der Waals surface area (Å²) >= 11 is 0. The molecule has 0 bridgehead atoms. The molecular weight excluding hydrogens is 295 g/mol. The first-order chi connectivity index (χ1) is 10.3. The number of hydrogen-bond donors (Lipinski definition) is 1. The molecule has 0 aromatic heterocycles. The van der Waals surface area contributed by atoms with Crippen LogP contribution in [-0.2, 0) is 22.3 Å². The number of ether oxygens (including phenoxy) is 1. The van der Waals surface area contributed by atoms with Crippen molar-refractivity contribution in [1.82, 2.24) is 5.32 Å². The Morgan fingerprint density at radius 2 is 1.77 bits per heavy atom. The number of halogens is 3. The Bertz CT molecular complexity index is 496. The van der Waals surface area contributed by atoms with Crippen LogP contribution in [0.25, 0.3) is 0 Å². The Balaban J connectivity index is 2.93. The molecule has 0 aliphatic heterocycles. The van der Waals surface area contributed by atoms with Crippen LogP contribution in [0.15, 0.2) is 24.3 Å². The van der Waals surface area contributed by atoms with Crippen LogP contribution in [0.5, 0.6) is 0 Å². The van der Waals surface area contributed by atoms with Gasteiger partial charge in [0.05, 0.1) is 19.1 Å². The molecule has 0 unspecified atom stereocenters. The number of nitrogens with one attached hydrogen (secondary N) is 1. The second-order valence-electron chi connectivity index (χ2n) is 5.25. The third-order valence-electron chi connectivity index (χ3n) is 4.04. The monoisotopic (exact) mass is 317 g/mol. The molecule has 3 nitrogen and oxygen atoms in total. The van der Waals surface area contributed by atoms with Crippen LogP contribution < -0.4 is 5.32 Å². The second kappa shape index (κ2) is 7.63. The average Bonchev–Trinajstić information content (AvgIpc) is 2.50. The van der Waals surface area contributed by atoms with E-state index in [-0.39, 0.29) is 24.5 Å². The van der Waals surface area contributed by atoms with Gasteiger partial charge in [0.1, 0.15) is 0 Å². The topological polar surface area (TPSA) is 38.3 Å². The molecule has 6 heteroatoms. The zero-order valence-corrected chi connectivity index (χ0v) is 13.1. The van der Waals surface area contributed by atoms with E-state index in [2.05, 4.69) is 10.1 Å². The van der Waals surface area contributed by atoms with Crippen LogP contribution in [0.1, 0.15) is 44.2 Å². The molecule has 22 heavy (non-hydrogen) atoms. The summed E-state index contributed by atoms with van der Waals surface area (Å²) in [5.41, 5.74) is -1.04. The molecule has 0 amide bonds. The van der Waals surface area contributed by atoms with Crippen molar-refractivity contribution in [2.24, 2.45) is 0 Å². The Morgan fingerprint density at radius 3 is 2.27 bits per heavy atom. The van der Waals surface area contributed by atoms with Crippen molar-refractivity contribution in [1.29, 1.82) is 0 Å². The van der Waals surface area contributed by atoms with Crippen molar-refractivity contribution in [2.75, 3.05) is 7.11 Å². The second-order valence-corrected chi connectivity index (χ2v) is 5.25. The minimum absolute atomic E-state index is 0.0500. The number of alkyl halides is 3. The zero-order valence-electron chi connectivity index (χ0n) is 13.1. The lowest BCUT2D eigenvalue weighted by atomic mass is 9.88. The third kappa shape index (κ3) is 4.73. The number of carbonyl (C=O) groups is 1. The standard InChI is InChI=1S/C16H22F3NO2/c1-4-15(5-2,10-14(21)22-3)20-11-12-8-6-7-9-13(12)16(17,18)19/h6-9,20H,4-5,10-11H2,1-3H3. The van der Waals surface area contributed by atoms with Gasteiger partial charge in [-0.1, -0.05) is 32.0 Å². The van der Waals surface area contributed by atoms with Gasteiger partial charge in [-0.3, -0.25) is 4.79 Å². The minimum atomic E-state index is -4.39. The Kier molecular flexibility index (Phi) is 6.41. The highest BCUT2D eigenvalue weighted by Crippen LogP contribution is 2.32. The van der Waals surface area contributed by atoms with Crippen LogP contribution in [0.3, 0.4) is 0 Å². The maximum absolute atomic E-state index is 13.0. The maximum Gasteiger partial charge on any atom is 0.416 e. The van der Waals surface area contributed by atoms with E-state index < -0.39 is 17.3 Å². The number of esters is 1. The van der Waals surface area contributed by atoms with Gasteiger partial charge in [-0.15, -0.1) is 0 Å². The van der Waals surface area contributed by atoms with Crippen molar-refractivity contribution >= 4 is 5.97 Å². The number of hydrogen-bond acceptors (Lipinski definition) is 3. The van der Waals surface area contributed by atoms with E-state index in [1.807, 2.05) is 13.8 Å². The van der Waals surface area contributed by atoms with E-state index in [9.17, 15) is 18.0 Å². The fourth-order valence-corrected chi connectivity index (χ4v) is 2.39. The molecular formula is C16H22F3NO2. The summed E-state index contributed by atoms with van der Waals surface area (Å²) in [5.74, 6) is -0.375. The highest BCUT2D eigenvalue weighted by molar-refractivity contribution is 5.70. The van der Waals surface area contributed by atoms with Gasteiger partial charge in [-0.05, 0) is 24.5 Å². The van der Waals surface area contributed by atoms with Crippen molar-refractivity contribution < 1.29 is 22.7 Å². The van der Waals surface area contributed by atoms with Crippen LogP contribution >= 0.6 is 0 Å². The summed E-state index contributed by atoms with van der Waals surface area (Å²) in [5, 5.41) is 3.13. The molecule has 0 spiro atoms. The molecule has 0 radical (unpaired) electrons. The number of methoxy groups -OCH3 is 1. The SMILES string of the molecule is CCC(CC)(CC(=O)OC)NCc1ccccc1C(F)(F)F. The van der Waals surface area contributed by atoms with Gasteiger partial charge in [0, 0.05) is 12.1 Å². The Hall–Kier alpha value is -1.56. The Labute approximate surface area is 128 Å². The quantitative estimate of drug-likeness (QED) is 0.775. The molecule has 0 aliphatic carbocycles. The van der Waals surface area contributed by atoms with E-state index in [1.54, 1.807) is 6.07 Å². The van der Waals surface area contributed by atoms with Gasteiger partial charge in [0.15, 0.2) is 0 Å². The van der Waals surface area contributed by atoms with Gasteiger partial charge in [-0.2, -0.15) is 13.2 Å². The van der Waals surface area contributed by atoms with E-state index in [1.165, 1.54) is 19.2 Å². The van der Waals surface area contributed by atoms with Crippen molar-refractivity contribution in [2.45, 2.75) is 51.4 Å². The first-order valence-corrected chi connectivity index (χ1v) is 7.25. The van der Waals surface area contributed by atoms with E-state index in [4.69, 9.17) is 0 Å². The number of carbonyl (C=O) groups excluding carboxylic acids is 1. The molecule has 0 fully saturated rings.